The molecule has 154 valence electrons. The lowest BCUT2D eigenvalue weighted by atomic mass is 10.1. The molecule has 0 fully saturated rings. The first-order chi connectivity index (χ1) is 14.4. The van der Waals surface area contributed by atoms with Gasteiger partial charge in [-0.05, 0) is 37.3 Å². The first-order valence-electron chi connectivity index (χ1n) is 9.04. The standard InChI is InChI=1S/C20H18N4O5S/c1-12-3-4-13(9-18(12)24(26)27)20(25)21-19-16-10-30(28)11-17(16)22-23(19)14-5-7-15(29-2)8-6-14/h3-9H,10-11H2,1-2H3,(H,21,25). The summed E-state index contributed by atoms with van der Waals surface area (Å²) in [5.74, 6) is 1.19. The number of fused-ring (bicyclic) bond motifs is 1. The molecular weight excluding hydrogens is 408 g/mol. The minimum atomic E-state index is -1.08. The Kier molecular flexibility index (Phi) is 5.08. The monoisotopic (exact) mass is 426 g/mol. The number of hydrogen-bond acceptors (Lipinski definition) is 6. The second-order valence-corrected chi connectivity index (χ2v) is 8.28. The van der Waals surface area contributed by atoms with Crippen LogP contribution in [0.4, 0.5) is 11.5 Å². The zero-order valence-electron chi connectivity index (χ0n) is 16.2. The number of nitrogens with one attached hydrogen (secondary N) is 1. The summed E-state index contributed by atoms with van der Waals surface area (Å²) in [6, 6.07) is 11.5. The van der Waals surface area contributed by atoms with E-state index in [1.165, 1.54) is 18.2 Å². The van der Waals surface area contributed by atoms with E-state index in [0.717, 1.165) is 0 Å². The van der Waals surface area contributed by atoms with Gasteiger partial charge in [0.05, 0.1) is 34.9 Å². The maximum absolute atomic E-state index is 12.9. The van der Waals surface area contributed by atoms with Crippen LogP contribution in [-0.2, 0) is 22.3 Å². The van der Waals surface area contributed by atoms with Crippen LogP contribution in [0.1, 0.15) is 27.2 Å². The van der Waals surface area contributed by atoms with Crippen LogP contribution in [0.15, 0.2) is 42.5 Å². The van der Waals surface area contributed by atoms with Gasteiger partial charge in [0.2, 0.25) is 0 Å². The zero-order valence-corrected chi connectivity index (χ0v) is 17.1. The number of carbonyl (C=O) groups is 1. The van der Waals surface area contributed by atoms with Gasteiger partial charge in [0, 0.05) is 33.6 Å². The predicted octanol–water partition coefficient (Wildman–Crippen LogP) is 3.11. The number of methoxy groups -OCH3 is 1. The summed E-state index contributed by atoms with van der Waals surface area (Å²) < 4.78 is 18.8. The lowest BCUT2D eigenvalue weighted by molar-refractivity contribution is -0.385. The van der Waals surface area contributed by atoms with Crippen LogP contribution in [-0.4, -0.2) is 31.9 Å². The fourth-order valence-corrected chi connectivity index (χ4v) is 4.56. The van der Waals surface area contributed by atoms with Gasteiger partial charge < -0.3 is 10.1 Å². The van der Waals surface area contributed by atoms with E-state index >= 15 is 0 Å². The largest absolute Gasteiger partial charge is 0.497 e. The molecule has 30 heavy (non-hydrogen) atoms. The van der Waals surface area contributed by atoms with E-state index in [1.54, 1.807) is 43.0 Å². The van der Waals surface area contributed by atoms with Gasteiger partial charge in [0.1, 0.15) is 11.6 Å². The second-order valence-electron chi connectivity index (χ2n) is 6.82. The molecule has 10 heteroatoms. The van der Waals surface area contributed by atoms with Gasteiger partial charge in [0.25, 0.3) is 11.6 Å². The van der Waals surface area contributed by atoms with Crippen molar-refractivity contribution in [1.29, 1.82) is 0 Å². The molecule has 0 spiro atoms. The van der Waals surface area contributed by atoms with Gasteiger partial charge in [-0.3, -0.25) is 19.1 Å². The van der Waals surface area contributed by atoms with Crippen molar-refractivity contribution in [3.8, 4) is 11.4 Å². The summed E-state index contributed by atoms with van der Waals surface area (Å²) in [5, 5.41) is 18.6. The number of hydrogen-bond donors (Lipinski definition) is 1. The third kappa shape index (κ3) is 3.57. The highest BCUT2D eigenvalue weighted by atomic mass is 32.2. The SMILES string of the molecule is COc1ccc(-n2nc3c(c2NC(=O)c2ccc(C)c([N+](=O)[O-])c2)CS(=O)C3)cc1. The molecule has 0 aliphatic carbocycles. The molecule has 1 aromatic heterocycles. The van der Waals surface area contributed by atoms with Gasteiger partial charge >= 0.3 is 0 Å². The Hall–Kier alpha value is -3.53. The molecule has 1 aliphatic rings. The number of rotatable bonds is 5. The smallest absolute Gasteiger partial charge is 0.273 e. The molecule has 0 saturated carbocycles. The first kappa shape index (κ1) is 19.8. The third-order valence-electron chi connectivity index (χ3n) is 4.89. The van der Waals surface area contributed by atoms with Crippen LogP contribution in [0.3, 0.4) is 0 Å². The maximum atomic E-state index is 12.9. The van der Waals surface area contributed by atoms with Gasteiger partial charge in [-0.25, -0.2) is 4.68 Å². The summed E-state index contributed by atoms with van der Waals surface area (Å²) >= 11 is 0. The number of anilines is 1. The summed E-state index contributed by atoms with van der Waals surface area (Å²) in [6.45, 7) is 1.61. The highest BCUT2D eigenvalue weighted by Gasteiger charge is 2.29. The number of benzene rings is 2. The van der Waals surface area contributed by atoms with Gasteiger partial charge in [-0.2, -0.15) is 5.10 Å². The molecule has 0 bridgehead atoms. The highest BCUT2D eigenvalue weighted by Crippen LogP contribution is 2.32. The van der Waals surface area contributed by atoms with Crippen LogP contribution in [0.5, 0.6) is 5.75 Å². The molecule has 3 aromatic rings. The minimum Gasteiger partial charge on any atom is -0.497 e. The number of aryl methyl sites for hydroxylation is 1. The van der Waals surface area contributed by atoms with Crippen molar-refractivity contribution in [2.45, 2.75) is 18.4 Å². The molecule has 1 unspecified atom stereocenters. The molecule has 1 atom stereocenters. The van der Waals surface area contributed by atoms with Crippen LogP contribution in [0.25, 0.3) is 5.69 Å². The third-order valence-corrected chi connectivity index (χ3v) is 6.09. The summed E-state index contributed by atoms with van der Waals surface area (Å²) in [6.07, 6.45) is 0. The van der Waals surface area contributed by atoms with Crippen molar-refractivity contribution in [2.24, 2.45) is 0 Å². The normalized spacial score (nSPS) is 14.9. The van der Waals surface area contributed by atoms with Crippen molar-refractivity contribution in [3.63, 3.8) is 0 Å². The Balaban J connectivity index is 1.73. The number of carbonyl (C=O) groups excluding carboxylic acids is 1. The van der Waals surface area contributed by atoms with Gasteiger partial charge in [-0.15, -0.1) is 0 Å². The summed E-state index contributed by atoms with van der Waals surface area (Å²) in [5.41, 5.74) is 2.56. The maximum Gasteiger partial charge on any atom is 0.273 e. The molecule has 1 aliphatic heterocycles. The molecule has 0 saturated heterocycles. The average molecular weight is 426 g/mol. The number of amides is 1. The second kappa shape index (κ2) is 7.71. The fraction of sp³-hybridized carbons (Fsp3) is 0.200. The number of aromatic nitrogens is 2. The van der Waals surface area contributed by atoms with E-state index in [2.05, 4.69) is 10.4 Å². The Morgan fingerprint density at radius 2 is 1.97 bits per heavy atom. The topological polar surface area (TPSA) is 116 Å². The number of nitro groups is 1. The highest BCUT2D eigenvalue weighted by molar-refractivity contribution is 7.83. The van der Waals surface area contributed by atoms with Crippen LogP contribution >= 0.6 is 0 Å². The van der Waals surface area contributed by atoms with Crippen molar-refractivity contribution in [2.75, 3.05) is 12.4 Å². The predicted molar refractivity (Wildman–Crippen MR) is 111 cm³/mol. The fourth-order valence-electron chi connectivity index (χ4n) is 3.29. The van der Waals surface area contributed by atoms with Crippen molar-refractivity contribution in [1.82, 2.24) is 9.78 Å². The van der Waals surface area contributed by atoms with Gasteiger partial charge in [-0.1, -0.05) is 6.07 Å². The zero-order chi connectivity index (χ0) is 21.4. The van der Waals surface area contributed by atoms with Gasteiger partial charge in [0.15, 0.2) is 0 Å². The summed E-state index contributed by atoms with van der Waals surface area (Å²) in [4.78, 5) is 23.6. The Labute approximate surface area is 174 Å². The molecular formula is C20H18N4O5S. The van der Waals surface area contributed by atoms with Crippen molar-refractivity contribution >= 4 is 28.2 Å². The number of nitro benzene ring substituents is 1. The molecule has 1 N–H and O–H groups in total. The van der Waals surface area contributed by atoms with Crippen LogP contribution in [0, 0.1) is 17.0 Å². The van der Waals surface area contributed by atoms with Crippen LogP contribution in [0.2, 0.25) is 0 Å². The lowest BCUT2D eigenvalue weighted by Gasteiger charge is -2.12. The van der Waals surface area contributed by atoms with Crippen molar-refractivity contribution < 1.29 is 18.7 Å². The molecule has 4 rings (SSSR count). The van der Waals surface area contributed by atoms with E-state index < -0.39 is 21.6 Å². The Bertz CT molecular complexity index is 1190. The number of ether oxygens (including phenoxy) is 1. The van der Waals surface area contributed by atoms with E-state index in [0.29, 0.717) is 39.8 Å². The van der Waals surface area contributed by atoms with E-state index in [4.69, 9.17) is 4.74 Å². The minimum absolute atomic E-state index is 0.127. The van der Waals surface area contributed by atoms with E-state index in [1.807, 2.05) is 0 Å². The van der Waals surface area contributed by atoms with Crippen LogP contribution < -0.4 is 10.1 Å². The first-order valence-corrected chi connectivity index (χ1v) is 10.5. The average Bonchev–Trinajstić information content (AvgIpc) is 3.25. The Morgan fingerprint density at radius 3 is 2.63 bits per heavy atom. The van der Waals surface area contributed by atoms with E-state index in [9.17, 15) is 19.1 Å². The summed E-state index contributed by atoms with van der Waals surface area (Å²) in [7, 11) is 0.492. The quantitative estimate of drug-likeness (QED) is 0.495. The molecule has 1 amide bonds. The number of nitrogens with zero attached hydrogens (tertiary/aromatic N) is 3. The molecule has 0 radical (unpaired) electrons. The molecule has 9 nitrogen and oxygen atoms in total. The molecule has 2 aromatic carbocycles. The van der Waals surface area contributed by atoms with E-state index in [-0.39, 0.29) is 17.0 Å². The molecule has 2 heterocycles. The Morgan fingerprint density at radius 1 is 1.23 bits per heavy atom. The van der Waals surface area contributed by atoms with Crippen molar-refractivity contribution in [3.05, 3.63) is 75.0 Å². The lowest BCUT2D eigenvalue weighted by Crippen LogP contribution is -2.17.